The molecule has 2 N–H and O–H groups in total. The third-order valence-corrected chi connectivity index (χ3v) is 4.14. The highest BCUT2D eigenvalue weighted by atomic mass is 32.2. The molecule has 20 heavy (non-hydrogen) atoms. The molecule has 1 aromatic rings. The van der Waals surface area contributed by atoms with Crippen LogP contribution in [-0.4, -0.2) is 28.0 Å². The number of benzene rings is 1. The number of aryl methyl sites for hydroxylation is 1. The van der Waals surface area contributed by atoms with Crippen LogP contribution in [0.2, 0.25) is 0 Å². The predicted molar refractivity (Wildman–Crippen MR) is 83.2 cm³/mol. The molecule has 110 valence electrons. The van der Waals surface area contributed by atoms with Crippen LogP contribution < -0.4 is 5.32 Å². The van der Waals surface area contributed by atoms with Gasteiger partial charge in [-0.1, -0.05) is 19.1 Å². The fraction of sp³-hybridized carbons (Fsp3) is 0.467. The zero-order valence-corrected chi connectivity index (χ0v) is 12.7. The van der Waals surface area contributed by atoms with E-state index in [1.165, 1.54) is 17.3 Å². The van der Waals surface area contributed by atoms with E-state index in [4.69, 9.17) is 5.11 Å². The van der Waals surface area contributed by atoms with Crippen molar-refractivity contribution in [3.8, 4) is 0 Å². The van der Waals surface area contributed by atoms with Crippen LogP contribution in [0, 0.1) is 0 Å². The number of anilines is 1. The Morgan fingerprint density at radius 3 is 2.50 bits per heavy atom. The van der Waals surface area contributed by atoms with Gasteiger partial charge in [0.25, 0.3) is 0 Å². The Labute approximate surface area is 124 Å². The molecular formula is C15H21NO3S. The summed E-state index contributed by atoms with van der Waals surface area (Å²) in [5.41, 5.74) is 2.03. The van der Waals surface area contributed by atoms with Crippen molar-refractivity contribution in [3.63, 3.8) is 0 Å². The molecule has 1 aromatic carbocycles. The number of amides is 1. The first-order valence-electron chi connectivity index (χ1n) is 6.76. The Morgan fingerprint density at radius 1 is 1.30 bits per heavy atom. The van der Waals surface area contributed by atoms with Crippen LogP contribution in [0.4, 0.5) is 5.69 Å². The summed E-state index contributed by atoms with van der Waals surface area (Å²) in [4.78, 5) is 22.3. The molecule has 0 bridgehead atoms. The van der Waals surface area contributed by atoms with Gasteiger partial charge in [-0.2, -0.15) is 0 Å². The highest BCUT2D eigenvalue weighted by Crippen LogP contribution is 2.16. The fourth-order valence-corrected chi connectivity index (χ4v) is 2.50. The third-order valence-electron chi connectivity index (χ3n) is 2.90. The van der Waals surface area contributed by atoms with Crippen LogP contribution in [-0.2, 0) is 16.0 Å². The number of nitrogens with one attached hydrogen (secondary N) is 1. The van der Waals surface area contributed by atoms with Crippen molar-refractivity contribution in [1.82, 2.24) is 0 Å². The van der Waals surface area contributed by atoms with Gasteiger partial charge in [0.15, 0.2) is 0 Å². The molecule has 0 aliphatic heterocycles. The molecule has 1 rings (SSSR count). The van der Waals surface area contributed by atoms with Crippen molar-refractivity contribution >= 4 is 29.3 Å². The Morgan fingerprint density at radius 2 is 1.95 bits per heavy atom. The van der Waals surface area contributed by atoms with E-state index < -0.39 is 5.97 Å². The number of carboxylic acid groups (broad SMARTS) is 1. The summed E-state index contributed by atoms with van der Waals surface area (Å²) in [6.45, 7) is 3.92. The van der Waals surface area contributed by atoms with E-state index in [1.54, 1.807) is 0 Å². The Bertz CT molecular complexity index is 445. The predicted octanol–water partition coefficient (Wildman–Crippen LogP) is 3.17. The van der Waals surface area contributed by atoms with Gasteiger partial charge in [0.1, 0.15) is 0 Å². The van der Waals surface area contributed by atoms with Crippen LogP contribution >= 0.6 is 11.8 Å². The van der Waals surface area contributed by atoms with Gasteiger partial charge in [0.05, 0.1) is 5.25 Å². The molecule has 5 heteroatoms. The molecule has 1 unspecified atom stereocenters. The number of rotatable bonds is 8. The molecule has 0 saturated heterocycles. The van der Waals surface area contributed by atoms with Crippen LogP contribution in [0.1, 0.15) is 32.3 Å². The van der Waals surface area contributed by atoms with Crippen molar-refractivity contribution in [2.45, 2.75) is 38.4 Å². The third kappa shape index (κ3) is 6.10. The number of carbonyl (C=O) groups is 2. The minimum Gasteiger partial charge on any atom is -0.481 e. The van der Waals surface area contributed by atoms with Crippen molar-refractivity contribution < 1.29 is 14.7 Å². The Hall–Kier alpha value is -1.49. The number of aliphatic carboxylic acids is 1. The average Bonchev–Trinajstić information content (AvgIpc) is 2.44. The van der Waals surface area contributed by atoms with E-state index in [2.05, 4.69) is 12.2 Å². The van der Waals surface area contributed by atoms with E-state index in [-0.39, 0.29) is 17.6 Å². The van der Waals surface area contributed by atoms with Gasteiger partial charge in [-0.15, -0.1) is 11.8 Å². The average molecular weight is 295 g/mol. The lowest BCUT2D eigenvalue weighted by atomic mass is 10.1. The molecule has 0 aromatic heterocycles. The normalized spacial score (nSPS) is 11.9. The Balaban J connectivity index is 2.34. The van der Waals surface area contributed by atoms with E-state index in [0.29, 0.717) is 12.2 Å². The van der Waals surface area contributed by atoms with Gasteiger partial charge in [0, 0.05) is 12.1 Å². The standard InChI is InChI=1S/C15H21NO3S/c1-3-12-6-8-13(9-7-12)16-15(19)11(2)20-10-4-5-14(17)18/h6-9,11H,3-5,10H2,1-2H3,(H,16,19)(H,17,18). The van der Waals surface area contributed by atoms with Crippen molar-refractivity contribution in [2.24, 2.45) is 0 Å². The van der Waals surface area contributed by atoms with Crippen LogP contribution in [0.25, 0.3) is 0 Å². The second-order valence-electron chi connectivity index (χ2n) is 4.55. The largest absolute Gasteiger partial charge is 0.481 e. The fourth-order valence-electron chi connectivity index (χ4n) is 1.63. The van der Waals surface area contributed by atoms with E-state index in [0.717, 1.165) is 12.1 Å². The second-order valence-corrected chi connectivity index (χ2v) is 6.00. The van der Waals surface area contributed by atoms with Gasteiger partial charge in [-0.25, -0.2) is 0 Å². The van der Waals surface area contributed by atoms with Gasteiger partial charge in [-0.3, -0.25) is 9.59 Å². The van der Waals surface area contributed by atoms with Crippen molar-refractivity contribution in [2.75, 3.05) is 11.1 Å². The SMILES string of the molecule is CCc1ccc(NC(=O)C(C)SCCCC(=O)O)cc1. The number of hydrogen-bond donors (Lipinski definition) is 2. The van der Waals surface area contributed by atoms with Crippen LogP contribution in [0.15, 0.2) is 24.3 Å². The first-order chi connectivity index (χ1) is 9.52. The maximum absolute atomic E-state index is 11.9. The quantitative estimate of drug-likeness (QED) is 0.723. The smallest absolute Gasteiger partial charge is 0.303 e. The monoisotopic (exact) mass is 295 g/mol. The molecule has 1 atom stereocenters. The number of hydrogen-bond acceptors (Lipinski definition) is 3. The first-order valence-corrected chi connectivity index (χ1v) is 7.81. The zero-order chi connectivity index (χ0) is 15.0. The minimum absolute atomic E-state index is 0.0467. The number of carbonyl (C=O) groups excluding carboxylic acids is 1. The molecule has 0 heterocycles. The summed E-state index contributed by atoms with van der Waals surface area (Å²) < 4.78 is 0. The molecule has 0 saturated carbocycles. The van der Waals surface area contributed by atoms with E-state index in [1.807, 2.05) is 31.2 Å². The van der Waals surface area contributed by atoms with Gasteiger partial charge >= 0.3 is 5.97 Å². The number of carboxylic acids is 1. The number of thioether (sulfide) groups is 1. The Kier molecular flexibility index (Phi) is 7.15. The summed E-state index contributed by atoms with van der Waals surface area (Å²) >= 11 is 1.48. The molecule has 0 radical (unpaired) electrons. The topological polar surface area (TPSA) is 66.4 Å². The van der Waals surface area contributed by atoms with Crippen LogP contribution in [0.5, 0.6) is 0 Å². The molecule has 1 amide bonds. The van der Waals surface area contributed by atoms with E-state index in [9.17, 15) is 9.59 Å². The lowest BCUT2D eigenvalue weighted by Crippen LogP contribution is -2.22. The highest BCUT2D eigenvalue weighted by Gasteiger charge is 2.13. The maximum Gasteiger partial charge on any atom is 0.303 e. The summed E-state index contributed by atoms with van der Waals surface area (Å²) in [6, 6.07) is 7.80. The highest BCUT2D eigenvalue weighted by molar-refractivity contribution is 8.00. The molecule has 0 aliphatic carbocycles. The van der Waals surface area contributed by atoms with Gasteiger partial charge < -0.3 is 10.4 Å². The second kappa shape index (κ2) is 8.64. The van der Waals surface area contributed by atoms with Crippen LogP contribution in [0.3, 0.4) is 0 Å². The molecule has 0 fully saturated rings. The summed E-state index contributed by atoms with van der Waals surface area (Å²) in [5, 5.41) is 11.2. The van der Waals surface area contributed by atoms with Gasteiger partial charge in [0.2, 0.25) is 5.91 Å². The molecule has 4 nitrogen and oxygen atoms in total. The molecule has 0 aliphatic rings. The lowest BCUT2D eigenvalue weighted by Gasteiger charge is -2.12. The maximum atomic E-state index is 11.9. The summed E-state index contributed by atoms with van der Waals surface area (Å²) in [6.07, 6.45) is 1.71. The van der Waals surface area contributed by atoms with Crippen molar-refractivity contribution in [3.05, 3.63) is 29.8 Å². The van der Waals surface area contributed by atoms with E-state index >= 15 is 0 Å². The zero-order valence-electron chi connectivity index (χ0n) is 11.9. The lowest BCUT2D eigenvalue weighted by molar-refractivity contribution is -0.137. The summed E-state index contributed by atoms with van der Waals surface area (Å²) in [5.74, 6) is -0.163. The minimum atomic E-state index is -0.793. The summed E-state index contributed by atoms with van der Waals surface area (Å²) in [7, 11) is 0. The van der Waals surface area contributed by atoms with Crippen molar-refractivity contribution in [1.29, 1.82) is 0 Å². The molecule has 0 spiro atoms. The molecular weight excluding hydrogens is 274 g/mol. The first kappa shape index (κ1) is 16.6. The van der Waals surface area contributed by atoms with Gasteiger partial charge in [-0.05, 0) is 43.2 Å².